The summed E-state index contributed by atoms with van der Waals surface area (Å²) in [6.07, 6.45) is 1.35. The molecule has 0 aliphatic rings. The molecule has 6 nitrogen and oxygen atoms in total. The number of hydrogen-bond acceptors (Lipinski definition) is 5. The van der Waals surface area contributed by atoms with E-state index in [9.17, 15) is 4.79 Å². The van der Waals surface area contributed by atoms with Gasteiger partial charge in [0.15, 0.2) is 0 Å². The van der Waals surface area contributed by atoms with Gasteiger partial charge in [-0.1, -0.05) is 15.9 Å². The van der Waals surface area contributed by atoms with E-state index in [1.807, 2.05) is 36.4 Å². The summed E-state index contributed by atoms with van der Waals surface area (Å²) in [4.78, 5) is 20.5. The van der Waals surface area contributed by atoms with Gasteiger partial charge in [-0.05, 0) is 48.5 Å². The molecule has 126 valence electrons. The van der Waals surface area contributed by atoms with Gasteiger partial charge in [0, 0.05) is 21.9 Å². The Kier molecular flexibility index (Phi) is 5.25. The maximum Gasteiger partial charge on any atom is 0.274 e. The smallest absolute Gasteiger partial charge is 0.274 e. The molecule has 25 heavy (non-hydrogen) atoms. The minimum absolute atomic E-state index is 0.272. The van der Waals surface area contributed by atoms with Gasteiger partial charge < -0.3 is 15.4 Å². The molecule has 1 heterocycles. The number of nitrogens with one attached hydrogen (secondary N) is 2. The topological polar surface area (TPSA) is 76.1 Å². The number of halogens is 1. The highest BCUT2D eigenvalue weighted by atomic mass is 79.9. The van der Waals surface area contributed by atoms with E-state index < -0.39 is 0 Å². The van der Waals surface area contributed by atoms with E-state index >= 15 is 0 Å². The number of hydrogen-bond donors (Lipinski definition) is 2. The van der Waals surface area contributed by atoms with Crippen LogP contribution in [0.15, 0.2) is 65.4 Å². The number of benzene rings is 2. The van der Waals surface area contributed by atoms with Crippen molar-refractivity contribution in [2.45, 2.75) is 0 Å². The molecule has 0 atom stereocenters. The summed E-state index contributed by atoms with van der Waals surface area (Å²) in [5, 5.41) is 5.93. The minimum atomic E-state index is -0.303. The first-order chi connectivity index (χ1) is 12.1. The zero-order valence-corrected chi connectivity index (χ0v) is 14.9. The first-order valence-electron chi connectivity index (χ1n) is 7.44. The molecule has 0 saturated carbocycles. The highest BCUT2D eigenvalue weighted by molar-refractivity contribution is 9.10. The average molecular weight is 399 g/mol. The Morgan fingerprint density at radius 3 is 2.36 bits per heavy atom. The summed E-state index contributed by atoms with van der Waals surface area (Å²) in [5.41, 5.74) is 1.80. The fourth-order valence-electron chi connectivity index (χ4n) is 2.10. The highest BCUT2D eigenvalue weighted by Gasteiger charge is 2.09. The molecule has 0 spiro atoms. The molecule has 2 aromatic carbocycles. The van der Waals surface area contributed by atoms with Crippen molar-refractivity contribution < 1.29 is 9.53 Å². The van der Waals surface area contributed by atoms with E-state index in [1.54, 1.807) is 25.3 Å². The Morgan fingerprint density at radius 1 is 1.00 bits per heavy atom. The third-order valence-electron chi connectivity index (χ3n) is 3.36. The lowest BCUT2D eigenvalue weighted by atomic mass is 10.3. The number of anilines is 3. The molecule has 1 amide bonds. The van der Waals surface area contributed by atoms with Gasteiger partial charge in [-0.15, -0.1) is 0 Å². The summed E-state index contributed by atoms with van der Waals surface area (Å²) in [6, 6.07) is 16.3. The molecule has 0 radical (unpaired) electrons. The van der Waals surface area contributed by atoms with Crippen molar-refractivity contribution in [3.05, 3.63) is 71.1 Å². The molecule has 0 aliphatic carbocycles. The normalized spacial score (nSPS) is 10.2. The number of methoxy groups -OCH3 is 1. The van der Waals surface area contributed by atoms with Crippen LogP contribution in [0.4, 0.5) is 17.2 Å². The highest BCUT2D eigenvalue weighted by Crippen LogP contribution is 2.19. The second-order valence-electron chi connectivity index (χ2n) is 5.10. The van der Waals surface area contributed by atoms with Crippen molar-refractivity contribution in [3.63, 3.8) is 0 Å². The van der Waals surface area contributed by atoms with Crippen molar-refractivity contribution in [2.24, 2.45) is 0 Å². The molecule has 7 heteroatoms. The molecule has 0 unspecified atom stereocenters. The van der Waals surface area contributed by atoms with Crippen LogP contribution in [0, 0.1) is 0 Å². The summed E-state index contributed by atoms with van der Waals surface area (Å²) in [7, 11) is 1.61. The van der Waals surface area contributed by atoms with E-state index in [-0.39, 0.29) is 11.6 Å². The molecule has 1 aromatic heterocycles. The van der Waals surface area contributed by atoms with Crippen LogP contribution in [-0.2, 0) is 0 Å². The van der Waals surface area contributed by atoms with Gasteiger partial charge >= 0.3 is 0 Å². The number of carbonyl (C=O) groups excluding carboxylic acids is 1. The van der Waals surface area contributed by atoms with Crippen LogP contribution in [0.25, 0.3) is 0 Å². The third-order valence-corrected chi connectivity index (χ3v) is 3.89. The second-order valence-corrected chi connectivity index (χ2v) is 6.02. The number of rotatable bonds is 5. The molecular weight excluding hydrogens is 384 g/mol. The van der Waals surface area contributed by atoms with Gasteiger partial charge in [0.25, 0.3) is 5.91 Å². The lowest BCUT2D eigenvalue weighted by Gasteiger charge is -2.08. The van der Waals surface area contributed by atoms with E-state index in [4.69, 9.17) is 4.74 Å². The number of amides is 1. The van der Waals surface area contributed by atoms with Gasteiger partial charge in [-0.2, -0.15) is 0 Å². The zero-order valence-electron chi connectivity index (χ0n) is 13.4. The van der Waals surface area contributed by atoms with Crippen LogP contribution in [0.5, 0.6) is 5.75 Å². The van der Waals surface area contributed by atoms with Crippen molar-refractivity contribution in [1.82, 2.24) is 9.97 Å². The van der Waals surface area contributed by atoms with Crippen molar-refractivity contribution in [2.75, 3.05) is 17.7 Å². The second kappa shape index (κ2) is 7.76. The standard InChI is InChI=1S/C18H15BrN4O2/c1-25-15-8-6-13(7-9-15)22-17-10-16(20-11-21-17)18(24)23-14-4-2-12(19)3-5-14/h2-11H,1H3,(H,23,24)(H,20,21,22). The number of aromatic nitrogens is 2. The van der Waals surface area contributed by atoms with E-state index in [1.165, 1.54) is 6.33 Å². The Hall–Kier alpha value is -2.93. The molecule has 0 aliphatic heterocycles. The predicted molar refractivity (Wildman–Crippen MR) is 100 cm³/mol. The summed E-state index contributed by atoms with van der Waals surface area (Å²) in [5.74, 6) is 0.992. The largest absolute Gasteiger partial charge is 0.497 e. The Labute approximate surface area is 153 Å². The molecule has 3 aromatic rings. The molecule has 0 fully saturated rings. The number of carbonyl (C=O) groups is 1. The fraction of sp³-hybridized carbons (Fsp3) is 0.0556. The first-order valence-corrected chi connectivity index (χ1v) is 8.23. The van der Waals surface area contributed by atoms with Crippen LogP contribution < -0.4 is 15.4 Å². The Balaban J connectivity index is 1.71. The van der Waals surface area contributed by atoms with Gasteiger partial charge in [-0.25, -0.2) is 9.97 Å². The van der Waals surface area contributed by atoms with Gasteiger partial charge in [0.2, 0.25) is 0 Å². The van der Waals surface area contributed by atoms with Crippen molar-refractivity contribution >= 4 is 39.0 Å². The first kappa shape index (κ1) is 16.9. The lowest BCUT2D eigenvalue weighted by molar-refractivity contribution is 0.102. The Morgan fingerprint density at radius 2 is 1.68 bits per heavy atom. The van der Waals surface area contributed by atoms with Crippen LogP contribution in [0.1, 0.15) is 10.5 Å². The van der Waals surface area contributed by atoms with Gasteiger partial charge in [0.1, 0.15) is 23.6 Å². The van der Waals surface area contributed by atoms with Crippen LogP contribution in [-0.4, -0.2) is 23.0 Å². The van der Waals surface area contributed by atoms with Crippen molar-refractivity contribution in [1.29, 1.82) is 0 Å². The summed E-state index contributed by atoms with van der Waals surface area (Å²) in [6.45, 7) is 0. The molecular formula is C18H15BrN4O2. The maximum absolute atomic E-state index is 12.3. The van der Waals surface area contributed by atoms with Gasteiger partial charge in [-0.3, -0.25) is 4.79 Å². The minimum Gasteiger partial charge on any atom is -0.497 e. The lowest BCUT2D eigenvalue weighted by Crippen LogP contribution is -2.14. The number of nitrogens with zero attached hydrogens (tertiary/aromatic N) is 2. The molecule has 0 bridgehead atoms. The van der Waals surface area contributed by atoms with Crippen LogP contribution >= 0.6 is 15.9 Å². The quantitative estimate of drug-likeness (QED) is 0.671. The average Bonchev–Trinajstić information content (AvgIpc) is 2.64. The maximum atomic E-state index is 12.3. The third kappa shape index (κ3) is 4.54. The van der Waals surface area contributed by atoms with E-state index in [0.29, 0.717) is 11.5 Å². The number of ether oxygens (including phenoxy) is 1. The van der Waals surface area contributed by atoms with Crippen molar-refractivity contribution in [3.8, 4) is 5.75 Å². The monoisotopic (exact) mass is 398 g/mol. The van der Waals surface area contributed by atoms with E-state index in [0.717, 1.165) is 15.9 Å². The van der Waals surface area contributed by atoms with Gasteiger partial charge in [0.05, 0.1) is 7.11 Å². The summed E-state index contributed by atoms with van der Waals surface area (Å²) < 4.78 is 6.07. The van der Waals surface area contributed by atoms with Crippen LogP contribution in [0.2, 0.25) is 0 Å². The molecule has 3 rings (SSSR count). The molecule has 0 saturated heterocycles. The molecule has 2 N–H and O–H groups in total. The Bertz CT molecular complexity index is 867. The fourth-order valence-corrected chi connectivity index (χ4v) is 2.36. The predicted octanol–water partition coefficient (Wildman–Crippen LogP) is 4.24. The summed E-state index contributed by atoms with van der Waals surface area (Å²) >= 11 is 3.36. The van der Waals surface area contributed by atoms with E-state index in [2.05, 4.69) is 36.5 Å². The SMILES string of the molecule is COc1ccc(Nc2cc(C(=O)Nc3ccc(Br)cc3)ncn2)cc1. The zero-order chi connectivity index (χ0) is 17.6. The van der Waals surface area contributed by atoms with Crippen LogP contribution in [0.3, 0.4) is 0 Å².